The number of rotatable bonds is 4. The average molecular weight is 464 g/mol. The Morgan fingerprint density at radius 1 is 1.03 bits per heavy atom. The van der Waals surface area contributed by atoms with Crippen molar-refractivity contribution in [2.45, 2.75) is 32.0 Å². The highest BCUT2D eigenvalue weighted by Crippen LogP contribution is 2.44. The van der Waals surface area contributed by atoms with Gasteiger partial charge < -0.3 is 14.5 Å². The average Bonchev–Trinajstić information content (AvgIpc) is 3.21. The van der Waals surface area contributed by atoms with Crippen LogP contribution in [0.1, 0.15) is 34.0 Å². The molecule has 3 aromatic carbocycles. The van der Waals surface area contributed by atoms with E-state index in [4.69, 9.17) is 9.47 Å². The third kappa shape index (κ3) is 3.42. The monoisotopic (exact) mass is 464 g/mol. The fourth-order valence-corrected chi connectivity index (χ4v) is 5.33. The fraction of sp³-hybridized carbons (Fsp3) is 0.259. The van der Waals surface area contributed by atoms with E-state index in [2.05, 4.69) is 28.1 Å². The molecule has 1 N–H and O–H groups in total. The molecule has 0 fully saturated rings. The number of para-hydroxylation sites is 1. The Morgan fingerprint density at radius 3 is 2.62 bits per heavy atom. The summed E-state index contributed by atoms with van der Waals surface area (Å²) < 4.78 is 52.0. The van der Waals surface area contributed by atoms with E-state index in [1.807, 2.05) is 18.2 Å². The minimum absolute atomic E-state index is 0.107. The molecule has 3 heterocycles. The first-order valence-corrected chi connectivity index (χ1v) is 11.3. The number of fused-ring (bicyclic) bond motifs is 6. The lowest BCUT2D eigenvalue weighted by Crippen LogP contribution is -2.39. The molecule has 0 radical (unpaired) electrons. The normalized spacial score (nSPS) is 17.2. The van der Waals surface area contributed by atoms with Crippen LogP contribution in [0.4, 0.5) is 13.2 Å². The van der Waals surface area contributed by atoms with Crippen LogP contribution in [-0.4, -0.2) is 23.5 Å². The first-order valence-electron chi connectivity index (χ1n) is 11.3. The highest BCUT2D eigenvalue weighted by atomic mass is 19.2. The van der Waals surface area contributed by atoms with Gasteiger partial charge in [-0.05, 0) is 65.4 Å². The number of methoxy groups -OCH3 is 1. The van der Waals surface area contributed by atoms with Gasteiger partial charge in [0, 0.05) is 35.7 Å². The Kier molecular flexibility index (Phi) is 5.03. The first kappa shape index (κ1) is 21.1. The van der Waals surface area contributed by atoms with Crippen molar-refractivity contribution in [3.63, 3.8) is 0 Å². The van der Waals surface area contributed by atoms with Crippen LogP contribution in [0.15, 0.2) is 48.5 Å². The van der Waals surface area contributed by atoms with Crippen LogP contribution in [0, 0.1) is 17.5 Å². The maximum atomic E-state index is 13.6. The number of aromatic amines is 1. The topological polar surface area (TPSA) is 37.5 Å². The van der Waals surface area contributed by atoms with E-state index in [0.717, 1.165) is 43.6 Å². The molecule has 1 unspecified atom stereocenters. The molecule has 7 heteroatoms. The number of benzene rings is 3. The minimum Gasteiger partial charge on any atom is -0.493 e. The van der Waals surface area contributed by atoms with E-state index in [1.165, 1.54) is 27.8 Å². The minimum atomic E-state index is -1.48. The second-order valence-electron chi connectivity index (χ2n) is 8.93. The van der Waals surface area contributed by atoms with E-state index in [1.54, 1.807) is 7.11 Å². The van der Waals surface area contributed by atoms with E-state index in [0.29, 0.717) is 11.5 Å². The number of H-pyrrole nitrogens is 1. The van der Waals surface area contributed by atoms with Crippen LogP contribution in [0.2, 0.25) is 0 Å². The van der Waals surface area contributed by atoms with E-state index in [-0.39, 0.29) is 18.2 Å². The number of halogens is 3. The van der Waals surface area contributed by atoms with Crippen molar-refractivity contribution in [1.82, 2.24) is 9.88 Å². The van der Waals surface area contributed by atoms with Crippen LogP contribution in [-0.2, 0) is 26.0 Å². The van der Waals surface area contributed by atoms with Crippen LogP contribution >= 0.6 is 0 Å². The van der Waals surface area contributed by atoms with Gasteiger partial charge in [-0.2, -0.15) is 0 Å². The third-order valence-electron chi connectivity index (χ3n) is 6.99. The van der Waals surface area contributed by atoms with Crippen molar-refractivity contribution in [3.8, 4) is 11.5 Å². The van der Waals surface area contributed by atoms with Crippen molar-refractivity contribution < 1.29 is 22.6 Å². The summed E-state index contributed by atoms with van der Waals surface area (Å²) in [4.78, 5) is 6.05. The van der Waals surface area contributed by atoms with Gasteiger partial charge in [0.15, 0.2) is 29.0 Å². The summed E-state index contributed by atoms with van der Waals surface area (Å²) in [6.07, 6.45) is 1.78. The Balaban J connectivity index is 1.34. The Labute approximate surface area is 194 Å². The predicted octanol–water partition coefficient (Wildman–Crippen LogP) is 5.83. The fourth-order valence-electron chi connectivity index (χ4n) is 5.33. The van der Waals surface area contributed by atoms with Gasteiger partial charge in [0.25, 0.3) is 0 Å². The molecule has 1 aromatic heterocycles. The molecule has 2 aliphatic rings. The molecule has 4 nitrogen and oxygen atoms in total. The Hall–Kier alpha value is -3.45. The third-order valence-corrected chi connectivity index (χ3v) is 6.99. The quantitative estimate of drug-likeness (QED) is 0.386. The predicted molar refractivity (Wildman–Crippen MR) is 122 cm³/mol. The lowest BCUT2D eigenvalue weighted by molar-refractivity contribution is 0.158. The van der Waals surface area contributed by atoms with Crippen LogP contribution < -0.4 is 9.47 Å². The molecule has 0 amide bonds. The summed E-state index contributed by atoms with van der Waals surface area (Å²) in [5, 5.41) is 1.26. The summed E-state index contributed by atoms with van der Waals surface area (Å²) in [6, 6.07) is 14.5. The van der Waals surface area contributed by atoms with Crippen molar-refractivity contribution in [3.05, 3.63) is 93.9 Å². The molecular formula is C27H23F3N2O2. The summed E-state index contributed by atoms with van der Waals surface area (Å²) in [5.74, 6) is -2.88. The van der Waals surface area contributed by atoms with Gasteiger partial charge in [-0.3, -0.25) is 4.90 Å². The lowest BCUT2D eigenvalue weighted by atomic mass is 9.85. The molecular weight excluding hydrogens is 441 g/mol. The first-order chi connectivity index (χ1) is 16.5. The molecule has 0 aliphatic carbocycles. The van der Waals surface area contributed by atoms with Gasteiger partial charge in [-0.25, -0.2) is 13.2 Å². The van der Waals surface area contributed by atoms with Crippen molar-refractivity contribution >= 4 is 10.9 Å². The zero-order valence-corrected chi connectivity index (χ0v) is 18.6. The van der Waals surface area contributed by atoms with Gasteiger partial charge in [0.05, 0.1) is 7.11 Å². The zero-order valence-electron chi connectivity index (χ0n) is 18.6. The number of hydrogen-bond donors (Lipinski definition) is 1. The molecule has 0 saturated heterocycles. The second-order valence-corrected chi connectivity index (χ2v) is 8.93. The number of aromatic nitrogens is 1. The molecule has 2 aliphatic heterocycles. The Morgan fingerprint density at radius 2 is 1.82 bits per heavy atom. The summed E-state index contributed by atoms with van der Waals surface area (Å²) >= 11 is 0. The van der Waals surface area contributed by atoms with Crippen LogP contribution in [0.25, 0.3) is 10.9 Å². The molecule has 1 atom stereocenters. The summed E-state index contributed by atoms with van der Waals surface area (Å²) in [7, 11) is 1.57. The van der Waals surface area contributed by atoms with E-state index >= 15 is 0 Å². The van der Waals surface area contributed by atoms with Gasteiger partial charge in [-0.15, -0.1) is 0 Å². The van der Waals surface area contributed by atoms with Gasteiger partial charge in [0.2, 0.25) is 0 Å². The van der Waals surface area contributed by atoms with Gasteiger partial charge >= 0.3 is 0 Å². The van der Waals surface area contributed by atoms with Crippen molar-refractivity contribution in [2.75, 3.05) is 13.7 Å². The standard InChI is InChI=1S/C27H23F3N2O2/c1-33-25-10-16-6-7-32-13-23-19(17-4-2-3-5-22(17)31-23)11-24(32)18(16)12-26(25)34-14-15-8-20(28)27(30)21(29)9-15/h2-5,8-10,12,24,31H,6-7,11,13-14H2,1H3. The van der Waals surface area contributed by atoms with Gasteiger partial charge in [0.1, 0.15) is 6.61 Å². The largest absolute Gasteiger partial charge is 0.493 e. The van der Waals surface area contributed by atoms with Gasteiger partial charge in [-0.1, -0.05) is 18.2 Å². The maximum absolute atomic E-state index is 13.6. The van der Waals surface area contributed by atoms with E-state index in [9.17, 15) is 13.2 Å². The van der Waals surface area contributed by atoms with Crippen molar-refractivity contribution in [2.24, 2.45) is 0 Å². The SMILES string of the molecule is COc1cc2c(cc1OCc1cc(F)c(F)c(F)c1)C1Cc3c([nH]c4ccccc34)CN1CC2. The molecule has 0 saturated carbocycles. The lowest BCUT2D eigenvalue weighted by Gasteiger charge is -2.40. The molecule has 174 valence electrons. The Bertz CT molecular complexity index is 1390. The summed E-state index contributed by atoms with van der Waals surface area (Å²) in [6.45, 7) is 1.69. The maximum Gasteiger partial charge on any atom is 0.194 e. The number of hydrogen-bond acceptors (Lipinski definition) is 3. The molecule has 34 heavy (non-hydrogen) atoms. The molecule has 6 rings (SSSR count). The smallest absolute Gasteiger partial charge is 0.194 e. The summed E-state index contributed by atoms with van der Waals surface area (Å²) in [5.41, 5.74) is 6.37. The molecule has 0 spiro atoms. The highest BCUT2D eigenvalue weighted by Gasteiger charge is 2.34. The zero-order chi connectivity index (χ0) is 23.4. The van der Waals surface area contributed by atoms with E-state index < -0.39 is 17.5 Å². The number of nitrogens with one attached hydrogen (secondary N) is 1. The van der Waals surface area contributed by atoms with Crippen LogP contribution in [0.3, 0.4) is 0 Å². The molecule has 0 bridgehead atoms. The molecule has 4 aromatic rings. The van der Waals surface area contributed by atoms with Crippen molar-refractivity contribution in [1.29, 1.82) is 0 Å². The highest BCUT2D eigenvalue weighted by molar-refractivity contribution is 5.85. The second kappa shape index (κ2) is 8.09. The van der Waals surface area contributed by atoms with Crippen LogP contribution in [0.5, 0.6) is 11.5 Å². The number of nitrogens with zero attached hydrogens (tertiary/aromatic N) is 1. The number of ether oxygens (including phenoxy) is 2.